The Kier molecular flexibility index (Phi) is 5.98. The van der Waals surface area contributed by atoms with Crippen molar-refractivity contribution in [1.82, 2.24) is 0 Å². The summed E-state index contributed by atoms with van der Waals surface area (Å²) in [5, 5.41) is 8.60. The number of carboxylic acid groups (broad SMARTS) is 1. The molecule has 104 valence electrons. The molecule has 6 heteroatoms. The maximum absolute atomic E-state index is 10.9. The van der Waals surface area contributed by atoms with E-state index in [-0.39, 0.29) is 19.6 Å². The van der Waals surface area contributed by atoms with E-state index in [2.05, 4.69) is 0 Å². The normalized spacial score (nSPS) is 11.9. The number of esters is 1. The van der Waals surface area contributed by atoms with Crippen molar-refractivity contribution in [1.29, 1.82) is 0 Å². The van der Waals surface area contributed by atoms with Crippen LogP contribution in [0.3, 0.4) is 0 Å². The van der Waals surface area contributed by atoms with Gasteiger partial charge in [0, 0.05) is 19.1 Å². The summed E-state index contributed by atoms with van der Waals surface area (Å²) in [7, 11) is 0. The highest BCUT2D eigenvalue weighted by Gasteiger charge is 2.11. The fourth-order valence-electron chi connectivity index (χ4n) is 1.39. The molecule has 6 nitrogen and oxygen atoms in total. The minimum atomic E-state index is -1.05. The van der Waals surface area contributed by atoms with Gasteiger partial charge in [-0.2, -0.15) is 0 Å². The molecule has 0 saturated heterocycles. The van der Waals surface area contributed by atoms with E-state index in [1.54, 1.807) is 24.3 Å². The van der Waals surface area contributed by atoms with E-state index in [9.17, 15) is 9.59 Å². The van der Waals surface area contributed by atoms with Crippen molar-refractivity contribution in [2.24, 2.45) is 5.73 Å². The van der Waals surface area contributed by atoms with Crippen LogP contribution in [-0.4, -0.2) is 29.7 Å². The molecular formula is C13H17NO5. The zero-order chi connectivity index (χ0) is 14.3. The monoisotopic (exact) mass is 267 g/mol. The van der Waals surface area contributed by atoms with Crippen LogP contribution in [0.5, 0.6) is 5.75 Å². The summed E-state index contributed by atoms with van der Waals surface area (Å²) < 4.78 is 10.4. The van der Waals surface area contributed by atoms with E-state index >= 15 is 0 Å². The summed E-state index contributed by atoms with van der Waals surface area (Å²) in [5.41, 5.74) is 6.07. The van der Waals surface area contributed by atoms with Crippen LogP contribution in [0, 0.1) is 0 Å². The Morgan fingerprint density at radius 2 is 2.05 bits per heavy atom. The average molecular weight is 267 g/mol. The van der Waals surface area contributed by atoms with Crippen molar-refractivity contribution in [3.05, 3.63) is 29.8 Å². The highest BCUT2D eigenvalue weighted by atomic mass is 16.5. The molecule has 0 fully saturated rings. The highest BCUT2D eigenvalue weighted by Crippen LogP contribution is 2.19. The Labute approximate surface area is 111 Å². The molecular weight excluding hydrogens is 250 g/mol. The number of carbonyl (C=O) groups excluding carboxylic acids is 1. The van der Waals surface area contributed by atoms with Gasteiger partial charge >= 0.3 is 11.9 Å². The Hall–Kier alpha value is -1.92. The molecule has 19 heavy (non-hydrogen) atoms. The summed E-state index contributed by atoms with van der Waals surface area (Å²) >= 11 is 0. The van der Waals surface area contributed by atoms with Crippen LogP contribution in [0.25, 0.3) is 0 Å². The molecule has 0 heterocycles. The molecule has 1 atom stereocenters. The maximum Gasteiger partial charge on any atom is 0.320 e. The van der Waals surface area contributed by atoms with Gasteiger partial charge in [-0.1, -0.05) is 18.2 Å². The van der Waals surface area contributed by atoms with Gasteiger partial charge in [0.2, 0.25) is 0 Å². The molecule has 0 radical (unpaired) electrons. The summed E-state index contributed by atoms with van der Waals surface area (Å²) in [4.78, 5) is 21.4. The average Bonchev–Trinajstić information content (AvgIpc) is 2.35. The number of para-hydroxylation sites is 1. The fraction of sp³-hybridized carbons (Fsp3) is 0.385. The SMILES string of the molecule is CC(=O)Oc1ccccc1COCCC(N)C(=O)O. The first-order valence-corrected chi connectivity index (χ1v) is 5.83. The lowest BCUT2D eigenvalue weighted by atomic mass is 10.2. The number of ether oxygens (including phenoxy) is 2. The Morgan fingerprint density at radius 3 is 2.68 bits per heavy atom. The second-order valence-corrected chi connectivity index (χ2v) is 3.99. The number of benzene rings is 1. The number of carbonyl (C=O) groups is 2. The maximum atomic E-state index is 10.9. The van der Waals surface area contributed by atoms with Gasteiger partial charge in [0.25, 0.3) is 0 Å². The quantitative estimate of drug-likeness (QED) is 0.433. The van der Waals surface area contributed by atoms with E-state index < -0.39 is 18.0 Å². The van der Waals surface area contributed by atoms with Crippen molar-refractivity contribution in [2.75, 3.05) is 6.61 Å². The molecule has 0 aliphatic carbocycles. The van der Waals surface area contributed by atoms with Gasteiger partial charge in [-0.3, -0.25) is 9.59 Å². The Morgan fingerprint density at radius 1 is 1.37 bits per heavy atom. The van der Waals surface area contributed by atoms with Crippen LogP contribution in [0.2, 0.25) is 0 Å². The van der Waals surface area contributed by atoms with Crippen molar-refractivity contribution in [3.8, 4) is 5.75 Å². The first kappa shape index (κ1) is 15.1. The van der Waals surface area contributed by atoms with Gasteiger partial charge in [-0.25, -0.2) is 0 Å². The van der Waals surface area contributed by atoms with Crippen molar-refractivity contribution < 1.29 is 24.2 Å². The molecule has 1 unspecified atom stereocenters. The van der Waals surface area contributed by atoms with Gasteiger partial charge in [-0.15, -0.1) is 0 Å². The van der Waals surface area contributed by atoms with Gasteiger partial charge in [0.15, 0.2) is 0 Å². The molecule has 0 spiro atoms. The minimum Gasteiger partial charge on any atom is -0.480 e. The summed E-state index contributed by atoms with van der Waals surface area (Å²) in [6.45, 7) is 1.78. The number of nitrogens with two attached hydrogens (primary N) is 1. The van der Waals surface area contributed by atoms with Gasteiger partial charge in [0.05, 0.1) is 6.61 Å². The number of aliphatic carboxylic acids is 1. The van der Waals surface area contributed by atoms with Crippen LogP contribution >= 0.6 is 0 Å². The lowest BCUT2D eigenvalue weighted by Crippen LogP contribution is -2.31. The number of carboxylic acids is 1. The molecule has 0 aliphatic rings. The first-order chi connectivity index (χ1) is 9.00. The zero-order valence-corrected chi connectivity index (χ0v) is 10.7. The topological polar surface area (TPSA) is 98.9 Å². The second kappa shape index (κ2) is 7.50. The predicted molar refractivity (Wildman–Crippen MR) is 67.6 cm³/mol. The van der Waals surface area contributed by atoms with E-state index in [0.717, 1.165) is 5.56 Å². The third-order valence-corrected chi connectivity index (χ3v) is 2.37. The fourth-order valence-corrected chi connectivity index (χ4v) is 1.39. The third kappa shape index (κ3) is 5.50. The molecule has 0 aromatic heterocycles. The molecule has 0 aliphatic heterocycles. The smallest absolute Gasteiger partial charge is 0.320 e. The van der Waals surface area contributed by atoms with E-state index in [1.807, 2.05) is 0 Å². The number of hydrogen-bond acceptors (Lipinski definition) is 5. The summed E-state index contributed by atoms with van der Waals surface area (Å²) in [5.74, 6) is -1.01. The summed E-state index contributed by atoms with van der Waals surface area (Å²) in [6, 6.07) is 6.07. The lowest BCUT2D eigenvalue weighted by Gasteiger charge is -2.10. The predicted octanol–water partition coefficient (Wildman–Crippen LogP) is 0.930. The number of rotatable bonds is 7. The molecule has 1 aromatic carbocycles. The van der Waals surface area contributed by atoms with Crippen molar-refractivity contribution >= 4 is 11.9 Å². The van der Waals surface area contributed by atoms with Gasteiger partial charge in [-0.05, 0) is 12.5 Å². The summed E-state index contributed by atoms with van der Waals surface area (Å²) in [6.07, 6.45) is 0.227. The van der Waals surface area contributed by atoms with Crippen molar-refractivity contribution in [3.63, 3.8) is 0 Å². The minimum absolute atomic E-state index is 0.224. The second-order valence-electron chi connectivity index (χ2n) is 3.99. The van der Waals surface area contributed by atoms with Crippen LogP contribution < -0.4 is 10.5 Å². The van der Waals surface area contributed by atoms with Gasteiger partial charge in [0.1, 0.15) is 11.8 Å². The number of hydrogen-bond donors (Lipinski definition) is 2. The molecule has 1 aromatic rings. The lowest BCUT2D eigenvalue weighted by molar-refractivity contribution is -0.139. The largest absolute Gasteiger partial charge is 0.480 e. The van der Waals surface area contributed by atoms with Crippen LogP contribution in [0.1, 0.15) is 18.9 Å². The molecule has 0 saturated carbocycles. The highest BCUT2D eigenvalue weighted by molar-refractivity contribution is 5.73. The van der Waals surface area contributed by atoms with Gasteiger partial charge < -0.3 is 20.3 Å². The Balaban J connectivity index is 2.45. The molecule has 1 rings (SSSR count). The molecule has 0 bridgehead atoms. The van der Waals surface area contributed by atoms with Crippen molar-refractivity contribution in [2.45, 2.75) is 26.0 Å². The van der Waals surface area contributed by atoms with E-state index in [1.165, 1.54) is 6.92 Å². The van der Waals surface area contributed by atoms with Crippen LogP contribution in [0.4, 0.5) is 0 Å². The molecule has 3 N–H and O–H groups in total. The zero-order valence-electron chi connectivity index (χ0n) is 10.7. The molecule has 0 amide bonds. The van der Waals surface area contributed by atoms with Crippen LogP contribution in [-0.2, 0) is 20.9 Å². The first-order valence-electron chi connectivity index (χ1n) is 5.83. The standard InChI is InChI=1S/C13H17NO5/c1-9(15)19-12-5-3-2-4-10(12)8-18-7-6-11(14)13(16)17/h2-5,11H,6-8,14H2,1H3,(H,16,17). The van der Waals surface area contributed by atoms with Crippen LogP contribution in [0.15, 0.2) is 24.3 Å². The van der Waals surface area contributed by atoms with E-state index in [0.29, 0.717) is 5.75 Å². The van der Waals surface area contributed by atoms with E-state index in [4.69, 9.17) is 20.3 Å². The Bertz CT molecular complexity index is 446. The third-order valence-electron chi connectivity index (χ3n) is 2.37.